The molecule has 6 rings (SSSR count). The van der Waals surface area contributed by atoms with Gasteiger partial charge in [0.25, 0.3) is 0 Å². The number of halogens is 2. The molecule has 0 saturated carbocycles. The second-order valence-electron chi connectivity index (χ2n) is 6.42. The van der Waals surface area contributed by atoms with Gasteiger partial charge in [-0.2, -0.15) is 0 Å². The van der Waals surface area contributed by atoms with Gasteiger partial charge in [0.1, 0.15) is 0 Å². The van der Waals surface area contributed by atoms with E-state index in [9.17, 15) is 0 Å². The molecule has 0 saturated heterocycles. The van der Waals surface area contributed by atoms with Crippen molar-refractivity contribution in [2.24, 2.45) is 0 Å². The normalized spacial score (nSPS) is 10.7. The molecule has 0 aliphatic rings. The van der Waals surface area contributed by atoms with Gasteiger partial charge in [-0.15, -0.1) is 68.0 Å². The first-order valence-electron chi connectivity index (χ1n) is 9.95. The van der Waals surface area contributed by atoms with E-state index in [0.29, 0.717) is 0 Å². The molecule has 0 amide bonds. The summed E-state index contributed by atoms with van der Waals surface area (Å²) in [4.78, 5) is 0. The molecule has 184 valence electrons. The quantitative estimate of drug-likeness (QED) is 0.119. The first kappa shape index (κ1) is 28.3. The maximum Gasteiger partial charge on any atom is 0.0385 e. The molecule has 0 aliphatic heterocycles. The second-order valence-corrected chi connectivity index (χ2v) is 20.5. The van der Waals surface area contributed by atoms with Gasteiger partial charge in [-0.05, 0) is 68.7 Å². The summed E-state index contributed by atoms with van der Waals surface area (Å²) in [6.07, 6.45) is 0. The van der Waals surface area contributed by atoms with Crippen LogP contribution in [0.5, 0.6) is 0 Å². The van der Waals surface area contributed by atoms with Crippen molar-refractivity contribution in [3.8, 4) is 0 Å². The Kier molecular flexibility index (Phi) is 12.7. The van der Waals surface area contributed by atoms with E-state index in [1.807, 2.05) is 68.0 Å². The monoisotopic (exact) mass is 736 g/mol. The zero-order valence-electron chi connectivity index (χ0n) is 17.8. The summed E-state index contributed by atoms with van der Waals surface area (Å²) < 4.78 is 9.00. The molecule has 0 atom stereocenters. The van der Waals surface area contributed by atoms with Crippen molar-refractivity contribution in [3.63, 3.8) is 0 Å². The van der Waals surface area contributed by atoms with Crippen molar-refractivity contribution in [2.75, 3.05) is 0 Å². The smallest absolute Gasteiger partial charge is 0.0385 e. The predicted octanol–water partition coefficient (Wildman–Crippen LogP) is 8.64. The Morgan fingerprint density at radius 3 is 0.686 bits per heavy atom. The van der Waals surface area contributed by atoms with E-state index in [4.69, 9.17) is 19.1 Å². The van der Waals surface area contributed by atoms with E-state index in [2.05, 4.69) is 105 Å². The Labute approximate surface area is 248 Å². The van der Waals surface area contributed by atoms with Crippen molar-refractivity contribution < 1.29 is 15.9 Å². The number of thiophene rings is 6. The van der Waals surface area contributed by atoms with E-state index in [1.54, 1.807) is 0 Å². The summed E-state index contributed by atoms with van der Waals surface area (Å²) in [7, 11) is 9.07. The summed E-state index contributed by atoms with van der Waals surface area (Å²) in [6, 6.07) is 26.5. The summed E-state index contributed by atoms with van der Waals surface area (Å²) in [5.74, 6) is 0. The topological polar surface area (TPSA) is 0 Å². The first-order chi connectivity index (χ1) is 17.3. The molecular weight excluding hydrogens is 720 g/mol. The molecule has 35 heavy (non-hydrogen) atoms. The Morgan fingerprint density at radius 1 is 0.400 bits per heavy atom. The molecule has 0 aliphatic carbocycles. The van der Waals surface area contributed by atoms with Crippen LogP contribution in [0.1, 0.15) is 0 Å². The minimum absolute atomic E-state index is 0.106. The number of hydrogen-bond acceptors (Lipinski definition) is 6. The van der Waals surface area contributed by atoms with Crippen LogP contribution in [0, 0.1) is 0 Å². The van der Waals surface area contributed by atoms with Crippen molar-refractivity contribution in [3.05, 3.63) is 105 Å². The van der Waals surface area contributed by atoms with Gasteiger partial charge >= 0.3 is 35.0 Å². The van der Waals surface area contributed by atoms with Crippen LogP contribution in [0.3, 0.4) is 0 Å². The van der Waals surface area contributed by atoms with Crippen LogP contribution in [0.4, 0.5) is 0 Å². The van der Waals surface area contributed by atoms with Crippen LogP contribution >= 0.6 is 103 Å². The van der Waals surface area contributed by atoms with Crippen LogP contribution in [-0.4, -0.2) is 0 Å². The van der Waals surface area contributed by atoms with Crippen LogP contribution in [0.15, 0.2) is 105 Å². The molecule has 6 heterocycles. The average molecular weight is 738 g/mol. The maximum atomic E-state index is 4.81. The Balaban J connectivity index is 0.000000149. The zero-order valence-corrected chi connectivity index (χ0v) is 27.6. The molecule has 0 radical (unpaired) electrons. The van der Waals surface area contributed by atoms with Crippen molar-refractivity contribution in [2.45, 2.75) is 0 Å². The molecule has 11 heteroatoms. The third kappa shape index (κ3) is 8.14. The number of rotatable bonds is 6. The first-order valence-corrected chi connectivity index (χ1v) is 21.9. The van der Waals surface area contributed by atoms with Crippen molar-refractivity contribution >= 4 is 131 Å². The summed E-state index contributed by atoms with van der Waals surface area (Å²) in [5.41, 5.74) is 0. The van der Waals surface area contributed by atoms with E-state index >= 15 is 0 Å². The Bertz CT molecular complexity index is 1020. The molecule has 0 nitrogen and oxygen atoms in total. The predicted molar refractivity (Wildman–Crippen MR) is 169 cm³/mol. The van der Waals surface area contributed by atoms with Gasteiger partial charge in [-0.3, -0.25) is 0 Å². The zero-order chi connectivity index (χ0) is 24.3. The van der Waals surface area contributed by atoms with Crippen LogP contribution in [0.2, 0.25) is 0 Å². The van der Waals surface area contributed by atoms with Crippen molar-refractivity contribution in [1.29, 1.82) is 0 Å². The van der Waals surface area contributed by atoms with E-state index in [0.717, 1.165) is 0 Å². The standard InChI is InChI=1S/2C12H9PS3.2ClH.Pd/c2*1-4-10(14-7-1)13(11-5-2-8-15-11)12-6-3-9-16-12;;;/h2*1-9H;2*1H;/q;;;;+2/p-2. The van der Waals surface area contributed by atoms with Crippen LogP contribution in [-0.2, 0) is 15.9 Å². The molecule has 0 N–H and O–H groups in total. The van der Waals surface area contributed by atoms with Gasteiger partial charge < -0.3 is 0 Å². The third-order valence-corrected chi connectivity index (χ3v) is 17.1. The fraction of sp³-hybridized carbons (Fsp3) is 0. The summed E-state index contributed by atoms with van der Waals surface area (Å²) in [5, 5.41) is 13.0. The molecule has 6 aromatic rings. The minimum atomic E-state index is -0.279. The van der Waals surface area contributed by atoms with Gasteiger partial charge in [-0.25, -0.2) is 0 Å². The van der Waals surface area contributed by atoms with E-state index < -0.39 is 0 Å². The van der Waals surface area contributed by atoms with Crippen LogP contribution in [0.25, 0.3) is 0 Å². The van der Waals surface area contributed by atoms with Crippen LogP contribution < -0.4 is 27.7 Å². The second kappa shape index (κ2) is 15.7. The summed E-state index contributed by atoms with van der Waals surface area (Å²) in [6.45, 7) is 0. The fourth-order valence-corrected chi connectivity index (χ4v) is 16.7. The van der Waals surface area contributed by atoms with Gasteiger partial charge in [0.2, 0.25) is 0 Å². The maximum absolute atomic E-state index is 4.81. The SMILES string of the molecule is [Cl][Pd][Cl].c1csc(P(c2cccs2)c2cccs2)c1.c1csc(P(c2cccs2)c2cccs2)c1. The molecular formula is C24H18Cl2P2PdS6. The largest absolute Gasteiger partial charge is 0.143 e. The van der Waals surface area contributed by atoms with Gasteiger partial charge in [-0.1, -0.05) is 36.4 Å². The molecule has 0 unspecified atom stereocenters. The molecule has 0 spiro atoms. The molecule has 0 aromatic carbocycles. The fourth-order valence-electron chi connectivity index (χ4n) is 3.03. The van der Waals surface area contributed by atoms with Gasteiger partial charge in [0.15, 0.2) is 0 Å². The summed E-state index contributed by atoms with van der Waals surface area (Å²) >= 11 is 11.1. The van der Waals surface area contributed by atoms with Gasteiger partial charge in [0.05, 0.1) is 0 Å². The minimum Gasteiger partial charge on any atom is -0.143 e. The molecule has 6 aromatic heterocycles. The third-order valence-electron chi connectivity index (χ3n) is 4.36. The van der Waals surface area contributed by atoms with E-state index in [1.165, 1.54) is 27.7 Å². The van der Waals surface area contributed by atoms with Crippen molar-refractivity contribution in [1.82, 2.24) is 0 Å². The Hall–Kier alpha value is 0.302. The van der Waals surface area contributed by atoms with Gasteiger partial charge in [0, 0.05) is 43.6 Å². The average Bonchev–Trinajstić information content (AvgIpc) is 3.70. The Morgan fingerprint density at radius 2 is 0.571 bits per heavy atom. The molecule has 0 fully saturated rings. The van der Waals surface area contributed by atoms with E-state index in [-0.39, 0.29) is 31.8 Å². The molecule has 0 bridgehead atoms. The number of hydrogen-bond donors (Lipinski definition) is 0.